The molecular formula is C13H17F3O3. The van der Waals surface area contributed by atoms with Crippen LogP contribution in [-0.4, -0.2) is 30.5 Å². The smallest absolute Gasteiger partial charge is 0.416 e. The second-order valence-electron chi connectivity index (χ2n) is 4.37. The number of halogens is 3. The number of alkyl halides is 3. The Morgan fingerprint density at radius 2 is 1.89 bits per heavy atom. The Morgan fingerprint density at radius 1 is 1.21 bits per heavy atom. The summed E-state index contributed by atoms with van der Waals surface area (Å²) in [6.45, 7) is 3.60. The van der Waals surface area contributed by atoms with E-state index in [-0.39, 0.29) is 25.1 Å². The van der Waals surface area contributed by atoms with Crippen LogP contribution in [0.25, 0.3) is 0 Å². The molecule has 0 radical (unpaired) electrons. The van der Waals surface area contributed by atoms with Gasteiger partial charge in [-0.1, -0.05) is 6.07 Å². The lowest BCUT2D eigenvalue weighted by Crippen LogP contribution is -2.25. The van der Waals surface area contributed by atoms with E-state index < -0.39 is 17.8 Å². The van der Waals surface area contributed by atoms with Crippen LogP contribution in [-0.2, 0) is 10.9 Å². The fourth-order valence-corrected chi connectivity index (χ4v) is 1.31. The van der Waals surface area contributed by atoms with Crippen LogP contribution in [0.2, 0.25) is 0 Å². The largest absolute Gasteiger partial charge is 0.491 e. The molecule has 0 aliphatic carbocycles. The standard InChI is InChI=1S/C13H17F3O3/c1-9(2)18-7-11(17)8-19-12-5-3-4-10(6-12)13(14,15)16/h3-6,9,11,17H,7-8H2,1-2H3/t11-/m0/s1. The molecule has 1 aromatic rings. The van der Waals surface area contributed by atoms with E-state index in [1.807, 2.05) is 13.8 Å². The number of ether oxygens (including phenoxy) is 2. The van der Waals surface area contributed by atoms with Gasteiger partial charge in [-0.15, -0.1) is 0 Å². The van der Waals surface area contributed by atoms with Gasteiger partial charge in [0.25, 0.3) is 0 Å². The zero-order chi connectivity index (χ0) is 14.5. The summed E-state index contributed by atoms with van der Waals surface area (Å²) in [5.74, 6) is 0.0680. The monoisotopic (exact) mass is 278 g/mol. The fourth-order valence-electron chi connectivity index (χ4n) is 1.31. The van der Waals surface area contributed by atoms with E-state index in [0.29, 0.717) is 0 Å². The SMILES string of the molecule is CC(C)OC[C@H](O)COc1cccc(C(F)(F)F)c1. The number of benzene rings is 1. The van der Waals surface area contributed by atoms with Gasteiger partial charge in [0.05, 0.1) is 18.3 Å². The summed E-state index contributed by atoms with van der Waals surface area (Å²) in [7, 11) is 0. The first-order valence-electron chi connectivity index (χ1n) is 5.88. The highest BCUT2D eigenvalue weighted by atomic mass is 19.4. The van der Waals surface area contributed by atoms with E-state index in [1.165, 1.54) is 12.1 Å². The first kappa shape index (κ1) is 15.8. The van der Waals surface area contributed by atoms with Crippen molar-refractivity contribution < 1.29 is 27.8 Å². The molecule has 0 aliphatic rings. The van der Waals surface area contributed by atoms with E-state index in [9.17, 15) is 18.3 Å². The molecule has 1 atom stereocenters. The Hall–Kier alpha value is -1.27. The predicted octanol–water partition coefficient (Wildman–Crippen LogP) is 2.87. The minimum Gasteiger partial charge on any atom is -0.491 e. The number of aliphatic hydroxyl groups excluding tert-OH is 1. The second-order valence-corrected chi connectivity index (χ2v) is 4.37. The van der Waals surface area contributed by atoms with Crippen LogP contribution in [0.4, 0.5) is 13.2 Å². The molecule has 0 saturated heterocycles. The van der Waals surface area contributed by atoms with E-state index in [1.54, 1.807) is 0 Å². The molecular weight excluding hydrogens is 261 g/mol. The maximum atomic E-state index is 12.5. The van der Waals surface area contributed by atoms with Crippen LogP contribution >= 0.6 is 0 Å². The van der Waals surface area contributed by atoms with Crippen molar-refractivity contribution in [3.63, 3.8) is 0 Å². The van der Waals surface area contributed by atoms with Crippen LogP contribution in [0.3, 0.4) is 0 Å². The van der Waals surface area contributed by atoms with Crippen LogP contribution in [0.5, 0.6) is 5.75 Å². The molecule has 0 heterocycles. The van der Waals surface area contributed by atoms with Crippen LogP contribution in [0, 0.1) is 0 Å². The maximum absolute atomic E-state index is 12.5. The molecule has 6 heteroatoms. The first-order chi connectivity index (χ1) is 8.79. The van der Waals surface area contributed by atoms with Gasteiger partial charge in [0.1, 0.15) is 18.5 Å². The lowest BCUT2D eigenvalue weighted by molar-refractivity contribution is -0.137. The summed E-state index contributed by atoms with van der Waals surface area (Å²) in [6.07, 6.45) is -5.31. The highest BCUT2D eigenvalue weighted by molar-refractivity contribution is 5.30. The van der Waals surface area contributed by atoms with Crippen LogP contribution in [0.1, 0.15) is 19.4 Å². The molecule has 108 valence electrons. The highest BCUT2D eigenvalue weighted by Gasteiger charge is 2.30. The summed E-state index contributed by atoms with van der Waals surface area (Å²) in [4.78, 5) is 0. The Kier molecular flexibility index (Phi) is 5.62. The predicted molar refractivity (Wildman–Crippen MR) is 64.0 cm³/mol. The molecule has 1 aromatic carbocycles. The molecule has 0 aliphatic heterocycles. The van der Waals surface area contributed by atoms with Crippen molar-refractivity contribution in [3.05, 3.63) is 29.8 Å². The summed E-state index contributed by atoms with van der Waals surface area (Å²) in [6, 6.07) is 4.53. The Balaban J connectivity index is 2.49. The minimum atomic E-state index is -4.40. The van der Waals surface area contributed by atoms with E-state index in [4.69, 9.17) is 9.47 Å². The summed E-state index contributed by atoms with van der Waals surface area (Å²) in [5, 5.41) is 9.52. The zero-order valence-corrected chi connectivity index (χ0v) is 10.8. The Bertz CT molecular complexity index is 391. The second kappa shape index (κ2) is 6.77. The van der Waals surface area contributed by atoms with E-state index in [2.05, 4.69) is 0 Å². The van der Waals surface area contributed by atoms with Gasteiger partial charge in [-0.25, -0.2) is 0 Å². The van der Waals surface area contributed by atoms with Gasteiger partial charge in [0.2, 0.25) is 0 Å². The van der Waals surface area contributed by atoms with Crippen molar-refractivity contribution in [3.8, 4) is 5.75 Å². The number of hydrogen-bond acceptors (Lipinski definition) is 3. The van der Waals surface area contributed by atoms with Crippen molar-refractivity contribution in [1.29, 1.82) is 0 Å². The van der Waals surface area contributed by atoms with E-state index >= 15 is 0 Å². The van der Waals surface area contributed by atoms with Crippen molar-refractivity contribution in [2.75, 3.05) is 13.2 Å². The summed E-state index contributed by atoms with van der Waals surface area (Å²) in [5.41, 5.74) is -0.780. The third-order valence-electron chi connectivity index (χ3n) is 2.23. The Labute approximate surface area is 110 Å². The summed E-state index contributed by atoms with van der Waals surface area (Å²) >= 11 is 0. The van der Waals surface area contributed by atoms with Crippen molar-refractivity contribution in [2.24, 2.45) is 0 Å². The average molecular weight is 278 g/mol. The van der Waals surface area contributed by atoms with Crippen LogP contribution < -0.4 is 4.74 Å². The van der Waals surface area contributed by atoms with Crippen molar-refractivity contribution >= 4 is 0 Å². The van der Waals surface area contributed by atoms with Gasteiger partial charge in [0, 0.05) is 0 Å². The summed E-state index contributed by atoms with van der Waals surface area (Å²) < 4.78 is 47.6. The fraction of sp³-hybridized carbons (Fsp3) is 0.538. The normalized spacial score (nSPS) is 13.6. The molecule has 0 aromatic heterocycles. The molecule has 0 spiro atoms. The lowest BCUT2D eigenvalue weighted by atomic mass is 10.2. The lowest BCUT2D eigenvalue weighted by Gasteiger charge is -2.15. The molecule has 0 bridgehead atoms. The molecule has 0 saturated carbocycles. The highest BCUT2D eigenvalue weighted by Crippen LogP contribution is 2.31. The van der Waals surface area contributed by atoms with Gasteiger partial charge < -0.3 is 14.6 Å². The molecule has 0 amide bonds. The molecule has 0 unspecified atom stereocenters. The maximum Gasteiger partial charge on any atom is 0.416 e. The van der Waals surface area contributed by atoms with Gasteiger partial charge >= 0.3 is 6.18 Å². The van der Waals surface area contributed by atoms with Gasteiger partial charge in [0.15, 0.2) is 0 Å². The molecule has 0 fully saturated rings. The molecule has 1 N–H and O–H groups in total. The number of rotatable bonds is 6. The van der Waals surface area contributed by atoms with Gasteiger partial charge in [-0.05, 0) is 32.0 Å². The van der Waals surface area contributed by atoms with Gasteiger partial charge in [-0.2, -0.15) is 13.2 Å². The molecule has 3 nitrogen and oxygen atoms in total. The van der Waals surface area contributed by atoms with Crippen LogP contribution in [0.15, 0.2) is 24.3 Å². The Morgan fingerprint density at radius 3 is 2.47 bits per heavy atom. The first-order valence-corrected chi connectivity index (χ1v) is 5.88. The molecule has 1 rings (SSSR count). The minimum absolute atomic E-state index is 0.0248. The van der Waals surface area contributed by atoms with E-state index in [0.717, 1.165) is 12.1 Å². The topological polar surface area (TPSA) is 38.7 Å². The van der Waals surface area contributed by atoms with Gasteiger partial charge in [-0.3, -0.25) is 0 Å². The quantitative estimate of drug-likeness (QED) is 0.869. The number of aliphatic hydroxyl groups is 1. The third-order valence-corrected chi connectivity index (χ3v) is 2.23. The van der Waals surface area contributed by atoms with Crippen molar-refractivity contribution in [1.82, 2.24) is 0 Å². The number of hydrogen-bond donors (Lipinski definition) is 1. The average Bonchev–Trinajstić information content (AvgIpc) is 2.33. The third kappa shape index (κ3) is 5.94. The molecule has 19 heavy (non-hydrogen) atoms. The zero-order valence-electron chi connectivity index (χ0n) is 10.8. The van der Waals surface area contributed by atoms with Crippen molar-refractivity contribution in [2.45, 2.75) is 32.2 Å².